The third kappa shape index (κ3) is 3.68. The summed E-state index contributed by atoms with van der Waals surface area (Å²) in [6, 6.07) is 3.85. The Morgan fingerprint density at radius 2 is 2.12 bits per heavy atom. The van der Waals surface area contributed by atoms with E-state index in [4.69, 9.17) is 26.1 Å². The number of fused-ring (bicyclic) bond motifs is 2. The Labute approximate surface area is 196 Å². The fourth-order valence-electron chi connectivity index (χ4n) is 4.72. The minimum Gasteiger partial charge on any atom is -0.507 e. The molecule has 0 aliphatic carbocycles. The molecule has 2 aromatic rings. The number of carbonyl (C=O) groups excluding carboxylic acids is 1. The van der Waals surface area contributed by atoms with Gasteiger partial charge in [0.1, 0.15) is 40.3 Å². The molecule has 10 heteroatoms. The number of amides is 1. The van der Waals surface area contributed by atoms with Crippen molar-refractivity contribution in [3.8, 4) is 22.8 Å². The summed E-state index contributed by atoms with van der Waals surface area (Å²) >= 11 is 6.73. The average molecular weight is 477 g/mol. The number of nitrogens with zero attached hydrogens (tertiary/aromatic N) is 3. The molecule has 33 heavy (non-hydrogen) atoms. The van der Waals surface area contributed by atoms with Crippen molar-refractivity contribution < 1.29 is 23.8 Å². The van der Waals surface area contributed by atoms with E-state index in [1.165, 1.54) is 18.2 Å². The zero-order chi connectivity index (χ0) is 23.3. The molecule has 2 N–H and O–H groups in total. The van der Waals surface area contributed by atoms with E-state index in [0.29, 0.717) is 45.2 Å². The van der Waals surface area contributed by atoms with Crippen LogP contribution in [0, 0.1) is 5.82 Å². The van der Waals surface area contributed by atoms with Crippen molar-refractivity contribution in [2.24, 2.45) is 0 Å². The number of piperazine rings is 1. The van der Waals surface area contributed by atoms with E-state index in [1.54, 1.807) is 4.90 Å². The van der Waals surface area contributed by atoms with Crippen molar-refractivity contribution in [1.82, 2.24) is 15.2 Å². The van der Waals surface area contributed by atoms with Crippen molar-refractivity contribution in [3.63, 3.8) is 0 Å². The molecule has 0 radical (unpaired) electrons. The molecule has 4 heterocycles. The molecule has 176 valence electrons. The molecule has 1 atom stereocenters. The predicted octanol–water partition coefficient (Wildman–Crippen LogP) is 2.67. The maximum atomic E-state index is 14.9. The number of benzene rings is 1. The number of phenolic OH excluding ortho intramolecular Hbond substituents is 1. The van der Waals surface area contributed by atoms with Gasteiger partial charge in [0, 0.05) is 26.2 Å². The minimum absolute atomic E-state index is 0.00127. The summed E-state index contributed by atoms with van der Waals surface area (Å²) < 4.78 is 26.6. The highest BCUT2D eigenvalue weighted by Crippen LogP contribution is 2.46. The Balaban J connectivity index is 1.78. The predicted molar refractivity (Wildman–Crippen MR) is 122 cm³/mol. The summed E-state index contributed by atoms with van der Waals surface area (Å²) in [5, 5.41) is 13.7. The molecule has 3 aliphatic rings. The molecule has 2 fully saturated rings. The van der Waals surface area contributed by atoms with Gasteiger partial charge in [-0.25, -0.2) is 9.37 Å². The Hall–Kier alpha value is -2.62. The molecule has 0 saturated carbocycles. The van der Waals surface area contributed by atoms with Gasteiger partial charge in [-0.3, -0.25) is 4.79 Å². The number of morpholine rings is 1. The second-order valence-electron chi connectivity index (χ2n) is 9.12. The number of aromatic nitrogens is 1. The Bertz CT molecular complexity index is 1090. The number of anilines is 1. The smallest absolute Gasteiger partial charge is 0.261 e. The summed E-state index contributed by atoms with van der Waals surface area (Å²) in [5.41, 5.74) is -0.318. The van der Waals surface area contributed by atoms with Crippen molar-refractivity contribution in [3.05, 3.63) is 34.6 Å². The number of carbonyl (C=O) groups is 1. The van der Waals surface area contributed by atoms with E-state index >= 15 is 0 Å². The topological polar surface area (TPSA) is 87.2 Å². The lowest BCUT2D eigenvalue weighted by Crippen LogP contribution is -2.56. The van der Waals surface area contributed by atoms with Gasteiger partial charge in [0.05, 0.1) is 30.4 Å². The minimum atomic E-state index is -0.668. The van der Waals surface area contributed by atoms with E-state index < -0.39 is 11.4 Å². The largest absolute Gasteiger partial charge is 0.507 e. The molecule has 5 rings (SSSR count). The van der Waals surface area contributed by atoms with E-state index in [2.05, 4.69) is 5.32 Å². The zero-order valence-electron chi connectivity index (χ0n) is 18.5. The summed E-state index contributed by atoms with van der Waals surface area (Å²) in [7, 11) is 0. The SMILES string of the molecule is CC1(C)COCCN1c1nc(-c2c(O)cccc2F)c(Cl)c2c1C(=O)N1CCNC[C@@H]1CO2. The lowest BCUT2D eigenvalue weighted by atomic mass is 9.99. The summed E-state index contributed by atoms with van der Waals surface area (Å²) in [5.74, 6) is -0.660. The molecule has 1 amide bonds. The second-order valence-corrected chi connectivity index (χ2v) is 9.50. The Kier molecular flexibility index (Phi) is 5.58. The lowest BCUT2D eigenvalue weighted by molar-refractivity contribution is 0.0592. The maximum absolute atomic E-state index is 14.9. The van der Waals surface area contributed by atoms with Crippen LogP contribution < -0.4 is 15.0 Å². The molecule has 1 aromatic carbocycles. The van der Waals surface area contributed by atoms with Crippen LogP contribution in [0.15, 0.2) is 18.2 Å². The first-order valence-corrected chi connectivity index (χ1v) is 11.4. The summed E-state index contributed by atoms with van der Waals surface area (Å²) in [6.45, 7) is 7.40. The number of nitrogens with one attached hydrogen (secondary N) is 1. The van der Waals surface area contributed by atoms with Crippen LogP contribution >= 0.6 is 11.6 Å². The van der Waals surface area contributed by atoms with Gasteiger partial charge in [-0.05, 0) is 26.0 Å². The van der Waals surface area contributed by atoms with E-state index in [-0.39, 0.29) is 51.9 Å². The van der Waals surface area contributed by atoms with Gasteiger partial charge in [0.15, 0.2) is 5.75 Å². The van der Waals surface area contributed by atoms with E-state index in [0.717, 1.165) is 0 Å². The first kappa shape index (κ1) is 22.2. The number of phenols is 1. The first-order chi connectivity index (χ1) is 15.8. The quantitative estimate of drug-likeness (QED) is 0.689. The van der Waals surface area contributed by atoms with Gasteiger partial charge < -0.3 is 29.7 Å². The molecular formula is C23H26ClFN4O4. The molecule has 0 spiro atoms. The highest BCUT2D eigenvalue weighted by atomic mass is 35.5. The number of pyridine rings is 1. The van der Waals surface area contributed by atoms with Gasteiger partial charge in [-0.2, -0.15) is 0 Å². The van der Waals surface area contributed by atoms with Crippen LogP contribution in [0.1, 0.15) is 24.2 Å². The highest BCUT2D eigenvalue weighted by molar-refractivity contribution is 6.35. The zero-order valence-corrected chi connectivity index (χ0v) is 19.3. The van der Waals surface area contributed by atoms with Gasteiger partial charge in [-0.15, -0.1) is 0 Å². The van der Waals surface area contributed by atoms with Gasteiger partial charge in [0.2, 0.25) is 0 Å². The molecule has 8 nitrogen and oxygen atoms in total. The fraction of sp³-hybridized carbons (Fsp3) is 0.478. The molecule has 0 bridgehead atoms. The number of hydrogen-bond donors (Lipinski definition) is 2. The van der Waals surface area contributed by atoms with E-state index in [1.807, 2.05) is 18.7 Å². The van der Waals surface area contributed by atoms with Crippen molar-refractivity contribution in [2.45, 2.75) is 25.4 Å². The van der Waals surface area contributed by atoms with E-state index in [9.17, 15) is 14.3 Å². The Morgan fingerprint density at radius 3 is 2.88 bits per heavy atom. The van der Waals surface area contributed by atoms with Crippen LogP contribution in [0.4, 0.5) is 10.2 Å². The molecule has 1 aromatic heterocycles. The number of halogens is 2. The van der Waals surface area contributed by atoms with Crippen molar-refractivity contribution >= 4 is 23.3 Å². The maximum Gasteiger partial charge on any atom is 0.261 e. The van der Waals surface area contributed by atoms with Crippen LogP contribution in [0.3, 0.4) is 0 Å². The second kappa shape index (κ2) is 8.30. The molecule has 3 aliphatic heterocycles. The third-order valence-electron chi connectivity index (χ3n) is 6.45. The van der Waals surface area contributed by atoms with Gasteiger partial charge >= 0.3 is 0 Å². The number of hydrogen-bond acceptors (Lipinski definition) is 7. The summed E-state index contributed by atoms with van der Waals surface area (Å²) in [6.07, 6.45) is 0. The average Bonchev–Trinajstić information content (AvgIpc) is 2.93. The van der Waals surface area contributed by atoms with Crippen molar-refractivity contribution in [2.75, 3.05) is 50.9 Å². The third-order valence-corrected chi connectivity index (χ3v) is 6.80. The number of rotatable bonds is 2. The Morgan fingerprint density at radius 1 is 1.30 bits per heavy atom. The molecule has 2 saturated heterocycles. The van der Waals surface area contributed by atoms with Crippen LogP contribution in [-0.4, -0.2) is 78.5 Å². The molecular weight excluding hydrogens is 451 g/mol. The lowest BCUT2D eigenvalue weighted by Gasteiger charge is -2.44. The summed E-state index contributed by atoms with van der Waals surface area (Å²) in [4.78, 5) is 22.3. The standard InChI is InChI=1S/C23H26ClFN4O4/c1-23(2)12-32-9-8-29(23)21-17-20(33-11-13-10-26-6-7-28(13)22(17)31)18(24)19(27-21)16-14(25)4-3-5-15(16)30/h3-5,13,26,30H,6-12H2,1-2H3/t13-/m1/s1. The van der Waals surface area contributed by atoms with Crippen molar-refractivity contribution in [1.29, 1.82) is 0 Å². The van der Waals surface area contributed by atoms with Crippen LogP contribution in [0.2, 0.25) is 5.02 Å². The monoisotopic (exact) mass is 476 g/mol. The highest BCUT2D eigenvalue weighted by Gasteiger charge is 2.42. The van der Waals surface area contributed by atoms with Gasteiger partial charge in [0.25, 0.3) is 5.91 Å². The normalized spacial score (nSPS) is 22.3. The van der Waals surface area contributed by atoms with Crippen LogP contribution in [0.5, 0.6) is 11.5 Å². The first-order valence-electron chi connectivity index (χ1n) is 11.0. The number of ether oxygens (including phenoxy) is 2. The fourth-order valence-corrected chi connectivity index (χ4v) is 5.00. The van der Waals surface area contributed by atoms with Crippen LogP contribution in [-0.2, 0) is 4.74 Å². The van der Waals surface area contributed by atoms with Gasteiger partial charge in [-0.1, -0.05) is 17.7 Å². The van der Waals surface area contributed by atoms with Crippen LogP contribution in [0.25, 0.3) is 11.3 Å². The number of aromatic hydroxyl groups is 1. The molecule has 0 unspecified atom stereocenters.